The number of carbonyl (C=O) groups excluding carboxylic acids is 3. The molecule has 2 aromatic rings. The molecule has 3 heterocycles. The fourth-order valence-corrected chi connectivity index (χ4v) is 5.61. The zero-order valence-corrected chi connectivity index (χ0v) is 18.6. The fourth-order valence-electron chi connectivity index (χ4n) is 5.61. The molecule has 2 fully saturated rings. The summed E-state index contributed by atoms with van der Waals surface area (Å²) in [6, 6.07) is 12.7. The van der Waals surface area contributed by atoms with E-state index in [0.29, 0.717) is 5.75 Å². The number of methoxy groups -OCH3 is 1. The smallest absolute Gasteiger partial charge is 0.250 e. The van der Waals surface area contributed by atoms with Gasteiger partial charge in [-0.15, -0.1) is 0 Å². The summed E-state index contributed by atoms with van der Waals surface area (Å²) in [5, 5.41) is 6.45. The van der Waals surface area contributed by atoms with Crippen LogP contribution in [0.3, 0.4) is 0 Å². The van der Waals surface area contributed by atoms with Crippen molar-refractivity contribution in [2.75, 3.05) is 12.4 Å². The van der Waals surface area contributed by atoms with Crippen LogP contribution in [0.15, 0.2) is 42.5 Å². The molecule has 3 amide bonds. The molecule has 3 aliphatic rings. The van der Waals surface area contributed by atoms with Crippen molar-refractivity contribution < 1.29 is 19.1 Å². The SMILES string of the molecule is COc1ccc(CN2C(=O)[C@@H]3[C@@H](C(C)C)N[C@@]4(C(=O)Nc5c(C)cccc54)[C@@H]3C2=O)cc1. The van der Waals surface area contributed by atoms with Crippen LogP contribution in [-0.2, 0) is 26.5 Å². The van der Waals surface area contributed by atoms with Gasteiger partial charge >= 0.3 is 0 Å². The van der Waals surface area contributed by atoms with Crippen LogP contribution >= 0.6 is 0 Å². The molecule has 0 radical (unpaired) electrons. The maximum atomic E-state index is 13.8. The van der Waals surface area contributed by atoms with Crippen LogP contribution in [0.2, 0.25) is 0 Å². The van der Waals surface area contributed by atoms with Crippen molar-refractivity contribution in [3.63, 3.8) is 0 Å². The largest absolute Gasteiger partial charge is 0.497 e. The second-order valence-electron chi connectivity index (χ2n) is 9.29. The summed E-state index contributed by atoms with van der Waals surface area (Å²) in [7, 11) is 1.59. The number of hydrogen-bond acceptors (Lipinski definition) is 5. The minimum atomic E-state index is -1.23. The molecule has 1 spiro atoms. The Bertz CT molecular complexity index is 1130. The van der Waals surface area contributed by atoms with Crippen molar-refractivity contribution in [2.45, 2.75) is 38.9 Å². The average molecular weight is 434 g/mol. The van der Waals surface area contributed by atoms with Crippen LogP contribution in [0.1, 0.15) is 30.5 Å². The van der Waals surface area contributed by atoms with Gasteiger partial charge in [0.25, 0.3) is 0 Å². The van der Waals surface area contributed by atoms with Gasteiger partial charge in [0.05, 0.1) is 25.5 Å². The number of nitrogens with zero attached hydrogens (tertiary/aromatic N) is 1. The number of likely N-dealkylation sites (tertiary alicyclic amines) is 1. The van der Waals surface area contributed by atoms with Crippen molar-refractivity contribution in [3.8, 4) is 5.75 Å². The van der Waals surface area contributed by atoms with Crippen molar-refractivity contribution in [3.05, 3.63) is 59.2 Å². The summed E-state index contributed by atoms with van der Waals surface area (Å²) < 4.78 is 5.20. The Morgan fingerprint density at radius 1 is 1.06 bits per heavy atom. The predicted molar refractivity (Wildman–Crippen MR) is 119 cm³/mol. The first-order valence-electron chi connectivity index (χ1n) is 11.0. The summed E-state index contributed by atoms with van der Waals surface area (Å²) in [6.45, 7) is 6.14. The molecule has 2 saturated heterocycles. The monoisotopic (exact) mass is 433 g/mol. The van der Waals surface area contributed by atoms with E-state index in [1.165, 1.54) is 4.90 Å². The van der Waals surface area contributed by atoms with Crippen molar-refractivity contribution in [1.29, 1.82) is 0 Å². The van der Waals surface area contributed by atoms with E-state index in [0.717, 1.165) is 22.4 Å². The highest BCUT2D eigenvalue weighted by Gasteiger charge is 2.70. The Kier molecular flexibility index (Phi) is 4.64. The molecule has 0 aliphatic carbocycles. The number of rotatable bonds is 4. The summed E-state index contributed by atoms with van der Waals surface area (Å²) in [6.07, 6.45) is 0. The van der Waals surface area contributed by atoms with Crippen molar-refractivity contribution >= 4 is 23.4 Å². The van der Waals surface area contributed by atoms with Gasteiger partial charge in [-0.25, -0.2) is 0 Å². The summed E-state index contributed by atoms with van der Waals surface area (Å²) in [4.78, 5) is 42.1. The van der Waals surface area contributed by atoms with Crippen LogP contribution in [0.25, 0.3) is 0 Å². The third kappa shape index (κ3) is 2.67. The first kappa shape index (κ1) is 20.7. The lowest BCUT2D eigenvalue weighted by Crippen LogP contribution is -2.53. The Morgan fingerprint density at radius 3 is 2.44 bits per heavy atom. The Hall–Kier alpha value is -3.19. The molecule has 0 unspecified atom stereocenters. The van der Waals surface area contributed by atoms with Gasteiger partial charge < -0.3 is 10.1 Å². The molecule has 0 saturated carbocycles. The molecule has 5 rings (SSSR count). The number of benzene rings is 2. The maximum absolute atomic E-state index is 13.8. The van der Waals surface area contributed by atoms with E-state index < -0.39 is 17.4 Å². The first-order valence-corrected chi connectivity index (χ1v) is 11.0. The predicted octanol–water partition coefficient (Wildman–Crippen LogP) is 2.58. The zero-order chi connectivity index (χ0) is 22.8. The number of anilines is 1. The van der Waals surface area contributed by atoms with E-state index in [2.05, 4.69) is 10.6 Å². The second kappa shape index (κ2) is 7.17. The molecule has 2 aromatic carbocycles. The summed E-state index contributed by atoms with van der Waals surface area (Å²) in [5.74, 6) is -1.35. The van der Waals surface area contributed by atoms with Crippen molar-refractivity contribution in [1.82, 2.24) is 10.2 Å². The van der Waals surface area contributed by atoms with Gasteiger partial charge in [0.2, 0.25) is 17.7 Å². The molecule has 7 nitrogen and oxygen atoms in total. The highest BCUT2D eigenvalue weighted by molar-refractivity contribution is 6.15. The topological polar surface area (TPSA) is 87.7 Å². The number of imide groups is 1. The van der Waals surface area contributed by atoms with Gasteiger partial charge in [0.15, 0.2) is 0 Å². The Labute approximate surface area is 187 Å². The zero-order valence-electron chi connectivity index (χ0n) is 18.6. The van der Waals surface area contributed by atoms with E-state index in [9.17, 15) is 14.4 Å². The number of amides is 3. The number of aryl methyl sites for hydroxylation is 1. The van der Waals surface area contributed by atoms with Gasteiger partial charge in [-0.3, -0.25) is 24.6 Å². The van der Waals surface area contributed by atoms with Crippen LogP contribution in [0.4, 0.5) is 5.69 Å². The average Bonchev–Trinajstić information content (AvgIpc) is 3.36. The first-order chi connectivity index (χ1) is 15.3. The minimum absolute atomic E-state index is 0.0706. The molecule has 2 N–H and O–H groups in total. The van der Waals surface area contributed by atoms with Crippen LogP contribution in [0, 0.1) is 24.7 Å². The van der Waals surface area contributed by atoms with Gasteiger partial charge in [-0.05, 0) is 36.1 Å². The number of ether oxygens (including phenoxy) is 1. The Balaban J connectivity index is 1.58. The number of para-hydroxylation sites is 1. The summed E-state index contributed by atoms with van der Waals surface area (Å²) >= 11 is 0. The van der Waals surface area contributed by atoms with Gasteiger partial charge in [0.1, 0.15) is 11.3 Å². The summed E-state index contributed by atoms with van der Waals surface area (Å²) in [5.41, 5.74) is 2.03. The molecule has 0 aromatic heterocycles. The molecular formula is C25H27N3O4. The lowest BCUT2D eigenvalue weighted by Gasteiger charge is -2.30. The molecule has 4 atom stereocenters. The molecule has 7 heteroatoms. The van der Waals surface area contributed by atoms with E-state index in [1.807, 2.05) is 63.2 Å². The number of nitrogens with one attached hydrogen (secondary N) is 2. The quantitative estimate of drug-likeness (QED) is 0.724. The minimum Gasteiger partial charge on any atom is -0.497 e. The van der Waals surface area contributed by atoms with Gasteiger partial charge in [0, 0.05) is 17.3 Å². The normalized spacial score (nSPS) is 28.5. The highest BCUT2D eigenvalue weighted by Crippen LogP contribution is 2.54. The van der Waals surface area contributed by atoms with Crippen LogP contribution < -0.4 is 15.4 Å². The van der Waals surface area contributed by atoms with Crippen LogP contribution in [0.5, 0.6) is 5.75 Å². The lowest BCUT2D eigenvalue weighted by atomic mass is 9.75. The van der Waals surface area contributed by atoms with E-state index in [-0.39, 0.29) is 36.2 Å². The number of fused-ring (bicyclic) bond motifs is 4. The number of hydrogen-bond donors (Lipinski definition) is 2. The fraction of sp³-hybridized carbons (Fsp3) is 0.400. The molecular weight excluding hydrogens is 406 g/mol. The van der Waals surface area contributed by atoms with E-state index in [1.54, 1.807) is 7.11 Å². The van der Waals surface area contributed by atoms with Crippen LogP contribution in [-0.4, -0.2) is 35.8 Å². The molecule has 32 heavy (non-hydrogen) atoms. The molecule has 166 valence electrons. The van der Waals surface area contributed by atoms with Gasteiger partial charge in [-0.1, -0.05) is 44.2 Å². The molecule has 3 aliphatic heterocycles. The van der Waals surface area contributed by atoms with E-state index in [4.69, 9.17) is 4.74 Å². The third-order valence-electron chi connectivity index (χ3n) is 7.20. The highest BCUT2D eigenvalue weighted by atomic mass is 16.5. The molecule has 0 bridgehead atoms. The standard InChI is InChI=1S/C25H27N3O4/c1-13(2)20-18-19(25(27-20)17-7-5-6-14(3)21(17)26-24(25)31)23(30)28(22(18)29)12-15-8-10-16(32-4)11-9-15/h5-11,13,18-20,27H,12H2,1-4H3,(H,26,31)/t18-,19-,20+,25+/m0/s1. The lowest BCUT2D eigenvalue weighted by molar-refractivity contribution is -0.143. The van der Waals surface area contributed by atoms with E-state index >= 15 is 0 Å². The number of carbonyl (C=O) groups is 3. The maximum Gasteiger partial charge on any atom is 0.250 e. The van der Waals surface area contributed by atoms with Gasteiger partial charge in [-0.2, -0.15) is 0 Å². The Morgan fingerprint density at radius 2 is 1.78 bits per heavy atom. The third-order valence-corrected chi connectivity index (χ3v) is 7.20. The second-order valence-corrected chi connectivity index (χ2v) is 9.29. The van der Waals surface area contributed by atoms with Crippen molar-refractivity contribution in [2.24, 2.45) is 17.8 Å².